The fourth-order valence-electron chi connectivity index (χ4n) is 3.17. The topological polar surface area (TPSA) is 89.8 Å². The quantitative estimate of drug-likeness (QED) is 0.777. The molecule has 3 atom stereocenters. The van der Waals surface area contributed by atoms with Gasteiger partial charge in [0.1, 0.15) is 18.4 Å². The number of hydrogen-bond donors (Lipinski definition) is 1. The highest BCUT2D eigenvalue weighted by Gasteiger charge is 2.32. The molecule has 25 heavy (non-hydrogen) atoms. The summed E-state index contributed by atoms with van der Waals surface area (Å²) in [6, 6.07) is 1.62. The number of hydrogen-bond acceptors (Lipinski definition) is 6. The van der Waals surface area contributed by atoms with Gasteiger partial charge in [0.2, 0.25) is 0 Å². The SMILES string of the molecule is CC1CN(c2c([C@H](C)N[S@+](C)[O-])cc(Cl)c3cncn23)CCS1(=O)=O. The molecule has 0 radical (unpaired) electrons. The smallest absolute Gasteiger partial charge is 0.156 e. The van der Waals surface area contributed by atoms with Crippen molar-refractivity contribution in [2.24, 2.45) is 0 Å². The molecular weight excluding hydrogens is 384 g/mol. The molecule has 0 bridgehead atoms. The summed E-state index contributed by atoms with van der Waals surface area (Å²) in [5, 5.41) is 0.0939. The van der Waals surface area contributed by atoms with E-state index in [4.69, 9.17) is 11.6 Å². The first-order valence-electron chi connectivity index (χ1n) is 7.91. The van der Waals surface area contributed by atoms with Crippen molar-refractivity contribution in [3.8, 4) is 0 Å². The van der Waals surface area contributed by atoms with E-state index in [1.54, 1.807) is 25.7 Å². The van der Waals surface area contributed by atoms with E-state index in [0.717, 1.165) is 16.9 Å². The van der Waals surface area contributed by atoms with Crippen LogP contribution in [0.1, 0.15) is 25.5 Å². The van der Waals surface area contributed by atoms with Crippen molar-refractivity contribution in [3.05, 3.63) is 29.2 Å². The van der Waals surface area contributed by atoms with E-state index in [0.29, 0.717) is 18.1 Å². The van der Waals surface area contributed by atoms with Crippen LogP contribution in [0.25, 0.3) is 5.52 Å². The number of sulfone groups is 1. The molecule has 3 heterocycles. The molecule has 2 aromatic heterocycles. The number of pyridine rings is 1. The van der Waals surface area contributed by atoms with Crippen molar-refractivity contribution in [1.82, 2.24) is 14.1 Å². The van der Waals surface area contributed by atoms with E-state index < -0.39 is 26.4 Å². The van der Waals surface area contributed by atoms with Gasteiger partial charge in [-0.1, -0.05) is 11.6 Å². The van der Waals surface area contributed by atoms with E-state index in [-0.39, 0.29) is 11.8 Å². The molecule has 1 unspecified atom stereocenters. The molecule has 1 aliphatic rings. The zero-order valence-corrected chi connectivity index (χ0v) is 16.7. The molecule has 3 rings (SSSR count). The van der Waals surface area contributed by atoms with Crippen LogP contribution in [0, 0.1) is 0 Å². The average Bonchev–Trinajstić information content (AvgIpc) is 2.99. The summed E-state index contributed by atoms with van der Waals surface area (Å²) in [6.45, 7) is 4.43. The van der Waals surface area contributed by atoms with Crippen LogP contribution in [-0.4, -0.2) is 52.7 Å². The number of anilines is 1. The Bertz CT molecular complexity index is 884. The standard InChI is InChI=1S/C15H21ClN4O3S2/c1-10-8-19(4-5-25(10,22)23)15-12(11(2)18-24(3)21)6-13(16)14-7-17-9-20(14)15/h6-7,9-11,18H,4-5,8H2,1-3H3/t10?,11-,24-/m0/s1. The summed E-state index contributed by atoms with van der Waals surface area (Å²) < 4.78 is 40.6. The third-order valence-electron chi connectivity index (χ3n) is 4.50. The number of imidazole rings is 1. The second-order valence-electron chi connectivity index (χ2n) is 6.34. The van der Waals surface area contributed by atoms with Crippen molar-refractivity contribution in [2.45, 2.75) is 25.1 Å². The zero-order chi connectivity index (χ0) is 18.4. The molecule has 0 spiro atoms. The molecule has 1 aliphatic heterocycles. The molecular formula is C15H21ClN4O3S2. The van der Waals surface area contributed by atoms with Gasteiger partial charge >= 0.3 is 0 Å². The predicted octanol–water partition coefficient (Wildman–Crippen LogP) is 1.56. The van der Waals surface area contributed by atoms with Crippen molar-refractivity contribution >= 4 is 44.1 Å². The van der Waals surface area contributed by atoms with Crippen molar-refractivity contribution in [3.63, 3.8) is 0 Å². The van der Waals surface area contributed by atoms with Gasteiger partial charge in [0, 0.05) is 30.0 Å². The Hall–Kier alpha value is -1.00. The van der Waals surface area contributed by atoms with E-state index in [9.17, 15) is 13.0 Å². The lowest BCUT2D eigenvalue weighted by Crippen LogP contribution is -2.46. The van der Waals surface area contributed by atoms with Gasteiger partial charge in [-0.05, 0) is 19.9 Å². The normalized spacial score (nSPS) is 22.9. The first kappa shape index (κ1) is 18.8. The molecule has 1 fully saturated rings. The van der Waals surface area contributed by atoms with E-state index in [1.165, 1.54) is 0 Å². The van der Waals surface area contributed by atoms with E-state index in [1.807, 2.05) is 22.3 Å². The number of rotatable bonds is 4. The third-order valence-corrected chi connectivity index (χ3v) is 7.61. The number of aromatic nitrogens is 2. The molecule has 1 saturated heterocycles. The summed E-state index contributed by atoms with van der Waals surface area (Å²) >= 11 is 5.20. The maximum absolute atomic E-state index is 12.1. The minimum Gasteiger partial charge on any atom is -0.598 e. The summed E-state index contributed by atoms with van der Waals surface area (Å²) in [4.78, 5) is 6.22. The van der Waals surface area contributed by atoms with Crippen LogP contribution < -0.4 is 9.62 Å². The van der Waals surface area contributed by atoms with Crippen LogP contribution in [0.5, 0.6) is 0 Å². The van der Waals surface area contributed by atoms with Crippen LogP contribution in [-0.2, 0) is 21.2 Å². The Balaban J connectivity index is 2.11. The van der Waals surface area contributed by atoms with Crippen molar-refractivity contribution in [1.29, 1.82) is 0 Å². The Morgan fingerprint density at radius 2 is 2.24 bits per heavy atom. The van der Waals surface area contributed by atoms with Crippen LogP contribution in [0.4, 0.5) is 5.82 Å². The summed E-state index contributed by atoms with van der Waals surface area (Å²) in [7, 11) is -3.06. The average molecular weight is 405 g/mol. The number of halogens is 1. The van der Waals surface area contributed by atoms with E-state index >= 15 is 0 Å². The summed E-state index contributed by atoms with van der Waals surface area (Å²) in [5.41, 5.74) is 1.61. The molecule has 10 heteroatoms. The second-order valence-corrected chi connectivity index (χ2v) is 10.4. The monoisotopic (exact) mass is 404 g/mol. The highest BCUT2D eigenvalue weighted by molar-refractivity contribution is 7.92. The molecule has 0 aromatic carbocycles. The Morgan fingerprint density at radius 1 is 1.52 bits per heavy atom. The Kier molecular flexibility index (Phi) is 5.23. The molecule has 0 saturated carbocycles. The Labute approximate surface area is 155 Å². The molecule has 138 valence electrons. The summed E-state index contributed by atoms with van der Waals surface area (Å²) in [6.07, 6.45) is 4.92. The lowest BCUT2D eigenvalue weighted by Gasteiger charge is -2.35. The maximum Gasteiger partial charge on any atom is 0.156 e. The second kappa shape index (κ2) is 6.96. The van der Waals surface area contributed by atoms with Gasteiger partial charge in [0.15, 0.2) is 9.84 Å². The molecule has 0 amide bonds. The highest BCUT2D eigenvalue weighted by atomic mass is 35.5. The van der Waals surface area contributed by atoms with Crippen LogP contribution in [0.3, 0.4) is 0 Å². The molecule has 2 aromatic rings. The first-order valence-corrected chi connectivity index (χ1v) is 11.6. The van der Waals surface area contributed by atoms with Gasteiger partial charge in [-0.3, -0.25) is 4.40 Å². The van der Waals surface area contributed by atoms with Gasteiger partial charge < -0.3 is 9.45 Å². The van der Waals surface area contributed by atoms with Gasteiger partial charge in [-0.2, -0.15) is 0 Å². The highest BCUT2D eigenvalue weighted by Crippen LogP contribution is 2.34. The fraction of sp³-hybridized carbons (Fsp3) is 0.533. The van der Waals surface area contributed by atoms with Crippen molar-refractivity contribution in [2.75, 3.05) is 30.0 Å². The van der Waals surface area contributed by atoms with Crippen molar-refractivity contribution < 1.29 is 13.0 Å². The minimum absolute atomic E-state index is 0.105. The fourth-order valence-corrected chi connectivity index (χ4v) is 5.33. The van der Waals surface area contributed by atoms with Gasteiger partial charge in [0.25, 0.3) is 0 Å². The lowest BCUT2D eigenvalue weighted by molar-refractivity contribution is 0.565. The van der Waals surface area contributed by atoms with Crippen LogP contribution in [0.15, 0.2) is 18.6 Å². The Morgan fingerprint density at radius 3 is 2.88 bits per heavy atom. The predicted molar refractivity (Wildman–Crippen MR) is 101 cm³/mol. The van der Waals surface area contributed by atoms with Crippen LogP contribution in [0.2, 0.25) is 5.02 Å². The zero-order valence-electron chi connectivity index (χ0n) is 14.3. The molecule has 7 nitrogen and oxygen atoms in total. The molecule has 0 aliphatic carbocycles. The maximum atomic E-state index is 12.1. The van der Waals surface area contributed by atoms with Gasteiger partial charge in [0.05, 0.1) is 33.8 Å². The number of nitrogens with one attached hydrogen (secondary N) is 1. The largest absolute Gasteiger partial charge is 0.598 e. The number of fused-ring (bicyclic) bond motifs is 1. The number of nitrogens with zero attached hydrogens (tertiary/aromatic N) is 3. The van der Waals surface area contributed by atoms with Gasteiger partial charge in [-0.25, -0.2) is 13.4 Å². The summed E-state index contributed by atoms with van der Waals surface area (Å²) in [5.74, 6) is 0.942. The van der Waals surface area contributed by atoms with Gasteiger partial charge in [-0.15, -0.1) is 4.72 Å². The lowest BCUT2D eigenvalue weighted by atomic mass is 10.1. The first-order chi connectivity index (χ1) is 11.7. The molecule has 1 N–H and O–H groups in total. The van der Waals surface area contributed by atoms with E-state index in [2.05, 4.69) is 9.71 Å². The third kappa shape index (κ3) is 3.61. The minimum atomic E-state index is -3.06. The van der Waals surface area contributed by atoms with Crippen LogP contribution >= 0.6 is 11.6 Å².